The molecule has 1 atom stereocenters. The summed E-state index contributed by atoms with van der Waals surface area (Å²) >= 11 is 0. The van der Waals surface area contributed by atoms with Crippen LogP contribution in [-0.4, -0.2) is 35.8 Å². The van der Waals surface area contributed by atoms with Crippen molar-refractivity contribution in [3.63, 3.8) is 0 Å². The van der Waals surface area contributed by atoms with E-state index in [9.17, 15) is 12.8 Å². The highest BCUT2D eigenvalue weighted by Gasteiger charge is 2.35. The van der Waals surface area contributed by atoms with Gasteiger partial charge in [0.05, 0.1) is 0 Å². The van der Waals surface area contributed by atoms with E-state index in [1.807, 2.05) is 6.92 Å². The van der Waals surface area contributed by atoms with Crippen molar-refractivity contribution in [3.8, 4) is 0 Å². The number of imidazole rings is 1. The van der Waals surface area contributed by atoms with Crippen molar-refractivity contribution in [2.24, 2.45) is 0 Å². The Kier molecular flexibility index (Phi) is 3.54. The van der Waals surface area contributed by atoms with Gasteiger partial charge in [0.25, 0.3) is 0 Å². The number of H-pyrrole nitrogens is 1. The van der Waals surface area contributed by atoms with Crippen LogP contribution in [0.1, 0.15) is 23.9 Å². The Labute approximate surface area is 122 Å². The second-order valence-corrected chi connectivity index (χ2v) is 7.14. The van der Waals surface area contributed by atoms with E-state index in [4.69, 9.17) is 0 Å². The minimum atomic E-state index is -3.79. The standard InChI is InChI=1S/C14H16FN3O2S/c1-10-8-16-14(17-10)11-6-7-18(9-11)21(19,20)13-5-3-2-4-12(13)15/h2-5,8,11H,6-7,9H2,1H3,(H,16,17)/t11-/m0/s1. The fourth-order valence-corrected chi connectivity index (χ4v) is 4.17. The summed E-state index contributed by atoms with van der Waals surface area (Å²) in [7, 11) is -3.79. The van der Waals surface area contributed by atoms with Crippen molar-refractivity contribution in [2.45, 2.75) is 24.2 Å². The maximum absolute atomic E-state index is 13.7. The van der Waals surface area contributed by atoms with Crippen LogP contribution in [0.5, 0.6) is 0 Å². The second-order valence-electron chi connectivity index (χ2n) is 5.23. The van der Waals surface area contributed by atoms with Crippen molar-refractivity contribution in [1.82, 2.24) is 14.3 Å². The maximum atomic E-state index is 13.7. The predicted molar refractivity (Wildman–Crippen MR) is 75.8 cm³/mol. The van der Waals surface area contributed by atoms with Gasteiger partial charge in [-0.2, -0.15) is 4.31 Å². The fourth-order valence-electron chi connectivity index (χ4n) is 2.60. The van der Waals surface area contributed by atoms with E-state index in [-0.39, 0.29) is 10.8 Å². The van der Waals surface area contributed by atoms with Gasteiger partial charge < -0.3 is 4.98 Å². The molecule has 0 spiro atoms. The van der Waals surface area contributed by atoms with Gasteiger partial charge in [0, 0.05) is 30.9 Å². The lowest BCUT2D eigenvalue weighted by molar-refractivity contribution is 0.464. The van der Waals surface area contributed by atoms with Gasteiger partial charge in [-0.3, -0.25) is 0 Å². The molecule has 1 aromatic carbocycles. The zero-order chi connectivity index (χ0) is 15.0. The van der Waals surface area contributed by atoms with Gasteiger partial charge in [0.15, 0.2) is 0 Å². The van der Waals surface area contributed by atoms with Crippen LogP contribution in [-0.2, 0) is 10.0 Å². The highest BCUT2D eigenvalue weighted by molar-refractivity contribution is 7.89. The minimum absolute atomic E-state index is 0.0280. The third-order valence-electron chi connectivity index (χ3n) is 3.71. The number of nitrogens with zero attached hydrogens (tertiary/aromatic N) is 2. The smallest absolute Gasteiger partial charge is 0.246 e. The second kappa shape index (κ2) is 5.23. The quantitative estimate of drug-likeness (QED) is 0.943. The van der Waals surface area contributed by atoms with Crippen LogP contribution in [0, 0.1) is 12.7 Å². The summed E-state index contributed by atoms with van der Waals surface area (Å²) in [5, 5.41) is 0. The SMILES string of the molecule is Cc1cnc([C@H]2CCN(S(=O)(=O)c3ccccc3F)C2)[nH]1. The molecule has 0 radical (unpaired) electrons. The zero-order valence-electron chi connectivity index (χ0n) is 11.6. The van der Waals surface area contributed by atoms with Crippen LogP contribution < -0.4 is 0 Å². The van der Waals surface area contributed by atoms with Gasteiger partial charge in [-0.1, -0.05) is 12.1 Å². The monoisotopic (exact) mass is 309 g/mol. The van der Waals surface area contributed by atoms with Gasteiger partial charge >= 0.3 is 0 Å². The van der Waals surface area contributed by atoms with Gasteiger partial charge in [-0.05, 0) is 25.5 Å². The Morgan fingerprint density at radius 3 is 2.81 bits per heavy atom. The number of hydrogen-bond donors (Lipinski definition) is 1. The highest BCUT2D eigenvalue weighted by Crippen LogP contribution is 2.30. The summed E-state index contributed by atoms with van der Waals surface area (Å²) in [6.07, 6.45) is 2.41. The molecule has 5 nitrogen and oxygen atoms in total. The third-order valence-corrected chi connectivity index (χ3v) is 5.61. The van der Waals surface area contributed by atoms with Gasteiger partial charge in [0.1, 0.15) is 16.5 Å². The fraction of sp³-hybridized carbons (Fsp3) is 0.357. The molecule has 0 saturated carbocycles. The van der Waals surface area contributed by atoms with E-state index in [0.717, 1.165) is 17.6 Å². The van der Waals surface area contributed by atoms with Crippen molar-refractivity contribution >= 4 is 10.0 Å². The van der Waals surface area contributed by atoms with Crippen LogP contribution in [0.2, 0.25) is 0 Å². The van der Waals surface area contributed by atoms with E-state index in [2.05, 4.69) is 9.97 Å². The van der Waals surface area contributed by atoms with Crippen LogP contribution in [0.3, 0.4) is 0 Å². The highest BCUT2D eigenvalue weighted by atomic mass is 32.2. The molecule has 1 saturated heterocycles. The summed E-state index contributed by atoms with van der Waals surface area (Å²) < 4.78 is 40.1. The largest absolute Gasteiger partial charge is 0.346 e. The lowest BCUT2D eigenvalue weighted by Crippen LogP contribution is -2.29. The van der Waals surface area contributed by atoms with Crippen molar-refractivity contribution < 1.29 is 12.8 Å². The van der Waals surface area contributed by atoms with Crippen LogP contribution in [0.4, 0.5) is 4.39 Å². The zero-order valence-corrected chi connectivity index (χ0v) is 12.4. The summed E-state index contributed by atoms with van der Waals surface area (Å²) in [4.78, 5) is 7.13. The van der Waals surface area contributed by atoms with Crippen LogP contribution in [0.15, 0.2) is 35.4 Å². The first kappa shape index (κ1) is 14.2. The average Bonchev–Trinajstić information content (AvgIpc) is 3.07. The van der Waals surface area contributed by atoms with E-state index in [0.29, 0.717) is 19.5 Å². The molecule has 1 fully saturated rings. The summed E-state index contributed by atoms with van der Waals surface area (Å²) in [5.41, 5.74) is 0.945. The molecule has 2 aromatic rings. The molecule has 1 aromatic heterocycles. The summed E-state index contributed by atoms with van der Waals surface area (Å²) in [5.74, 6) is 0.105. The molecule has 1 aliphatic heterocycles. The van der Waals surface area contributed by atoms with Gasteiger partial charge in [-0.15, -0.1) is 0 Å². The Balaban J connectivity index is 1.84. The molecule has 0 unspecified atom stereocenters. The minimum Gasteiger partial charge on any atom is -0.346 e. The van der Waals surface area contributed by atoms with E-state index in [1.54, 1.807) is 6.20 Å². The molecule has 7 heteroatoms. The third kappa shape index (κ3) is 2.58. The van der Waals surface area contributed by atoms with Crippen molar-refractivity contribution in [1.29, 1.82) is 0 Å². The summed E-state index contributed by atoms with van der Waals surface area (Å²) in [6, 6.07) is 5.47. The van der Waals surface area contributed by atoms with E-state index < -0.39 is 15.8 Å². The number of sulfonamides is 1. The number of halogens is 1. The first-order valence-electron chi connectivity index (χ1n) is 6.74. The first-order valence-corrected chi connectivity index (χ1v) is 8.18. The van der Waals surface area contributed by atoms with E-state index >= 15 is 0 Å². The normalized spacial score (nSPS) is 20.0. The van der Waals surface area contributed by atoms with Crippen molar-refractivity contribution in [2.75, 3.05) is 13.1 Å². The molecule has 0 bridgehead atoms. The number of rotatable bonds is 3. The maximum Gasteiger partial charge on any atom is 0.246 e. The molecular formula is C14H16FN3O2S. The lowest BCUT2D eigenvalue weighted by Gasteiger charge is -2.16. The number of aromatic nitrogens is 2. The molecule has 1 N–H and O–H groups in total. The Hall–Kier alpha value is -1.73. The molecule has 1 aliphatic rings. The van der Waals surface area contributed by atoms with Gasteiger partial charge in [0.2, 0.25) is 10.0 Å². The number of aromatic amines is 1. The number of nitrogens with one attached hydrogen (secondary N) is 1. The molecule has 2 heterocycles. The number of benzene rings is 1. The van der Waals surface area contributed by atoms with E-state index in [1.165, 1.54) is 22.5 Å². The average molecular weight is 309 g/mol. The first-order chi connectivity index (χ1) is 9.98. The van der Waals surface area contributed by atoms with Crippen molar-refractivity contribution in [3.05, 3.63) is 47.8 Å². The molecule has 21 heavy (non-hydrogen) atoms. The Bertz CT molecular complexity index is 757. The van der Waals surface area contributed by atoms with Crippen LogP contribution >= 0.6 is 0 Å². The Morgan fingerprint density at radius 1 is 1.38 bits per heavy atom. The molecular weight excluding hydrogens is 293 g/mol. The number of aryl methyl sites for hydroxylation is 1. The molecule has 3 rings (SSSR count). The van der Waals surface area contributed by atoms with Crippen LogP contribution in [0.25, 0.3) is 0 Å². The topological polar surface area (TPSA) is 66.1 Å². The summed E-state index contributed by atoms with van der Waals surface area (Å²) in [6.45, 7) is 2.60. The lowest BCUT2D eigenvalue weighted by atomic mass is 10.1. The number of hydrogen-bond acceptors (Lipinski definition) is 3. The predicted octanol–water partition coefficient (Wildman–Crippen LogP) is 2.04. The van der Waals surface area contributed by atoms with Gasteiger partial charge in [-0.25, -0.2) is 17.8 Å². The Morgan fingerprint density at radius 2 is 2.14 bits per heavy atom. The molecule has 112 valence electrons. The molecule has 0 amide bonds. The molecule has 0 aliphatic carbocycles.